The number of aliphatic hydroxyl groups excluding tert-OH is 1. The SMILES string of the molecule is Nc1ncnc2c1ncn2[C@H]1C[C@H](NC(c2ccccc2)(c2ccccc2)c2ccccc2)[C@@H](CO)O1. The van der Waals surface area contributed by atoms with Gasteiger partial charge in [0.25, 0.3) is 0 Å². The van der Waals surface area contributed by atoms with Crippen LogP contribution in [0, 0.1) is 0 Å². The van der Waals surface area contributed by atoms with Crippen molar-refractivity contribution in [2.45, 2.75) is 30.3 Å². The molecule has 0 saturated carbocycles. The smallest absolute Gasteiger partial charge is 0.167 e. The van der Waals surface area contributed by atoms with Gasteiger partial charge in [-0.3, -0.25) is 9.88 Å². The van der Waals surface area contributed by atoms with Crippen LogP contribution in [-0.2, 0) is 10.3 Å². The highest BCUT2D eigenvalue weighted by atomic mass is 16.5. The number of ether oxygens (including phenoxy) is 1. The second-order valence-electron chi connectivity index (χ2n) is 9.23. The van der Waals surface area contributed by atoms with E-state index in [9.17, 15) is 5.11 Å². The highest BCUT2D eigenvalue weighted by Gasteiger charge is 2.44. The van der Waals surface area contributed by atoms with Gasteiger partial charge in [0, 0.05) is 12.5 Å². The number of fused-ring (bicyclic) bond motifs is 1. The summed E-state index contributed by atoms with van der Waals surface area (Å²) in [5.74, 6) is 0.325. The third-order valence-corrected chi connectivity index (χ3v) is 7.14. The highest BCUT2D eigenvalue weighted by molar-refractivity contribution is 5.81. The fraction of sp³-hybridized carbons (Fsp3) is 0.207. The Hall–Kier alpha value is -4.11. The fourth-order valence-electron chi connectivity index (χ4n) is 5.40. The van der Waals surface area contributed by atoms with Gasteiger partial charge < -0.3 is 15.6 Å². The van der Waals surface area contributed by atoms with E-state index >= 15 is 0 Å². The molecule has 0 amide bonds. The van der Waals surface area contributed by atoms with E-state index in [0.29, 0.717) is 23.4 Å². The molecular formula is C29H28N6O2. The molecule has 5 aromatic rings. The number of anilines is 1. The lowest BCUT2D eigenvalue weighted by atomic mass is 9.76. The number of aliphatic hydroxyl groups is 1. The number of rotatable bonds is 7. The lowest BCUT2D eigenvalue weighted by Gasteiger charge is -2.40. The van der Waals surface area contributed by atoms with Crippen LogP contribution in [0.4, 0.5) is 5.82 Å². The second kappa shape index (κ2) is 9.74. The minimum absolute atomic E-state index is 0.133. The van der Waals surface area contributed by atoms with Gasteiger partial charge in [-0.2, -0.15) is 0 Å². The summed E-state index contributed by atoms with van der Waals surface area (Å²) >= 11 is 0. The first-order valence-corrected chi connectivity index (χ1v) is 12.3. The number of hydrogen-bond acceptors (Lipinski definition) is 7. The lowest BCUT2D eigenvalue weighted by molar-refractivity contribution is -0.0264. The van der Waals surface area contributed by atoms with E-state index in [-0.39, 0.29) is 18.9 Å². The number of aromatic nitrogens is 4. The Morgan fingerprint density at radius 3 is 1.97 bits per heavy atom. The van der Waals surface area contributed by atoms with Crippen LogP contribution in [0.15, 0.2) is 104 Å². The predicted molar refractivity (Wildman–Crippen MR) is 141 cm³/mol. The minimum atomic E-state index is -0.677. The van der Waals surface area contributed by atoms with Crippen molar-refractivity contribution in [3.05, 3.63) is 120 Å². The van der Waals surface area contributed by atoms with Crippen molar-refractivity contribution in [1.82, 2.24) is 24.8 Å². The molecule has 3 aromatic carbocycles. The van der Waals surface area contributed by atoms with Gasteiger partial charge >= 0.3 is 0 Å². The van der Waals surface area contributed by atoms with E-state index in [1.807, 2.05) is 22.8 Å². The van der Waals surface area contributed by atoms with E-state index < -0.39 is 11.6 Å². The number of imidazole rings is 1. The molecule has 1 fully saturated rings. The van der Waals surface area contributed by atoms with E-state index in [2.05, 4.69) is 93.1 Å². The third-order valence-electron chi connectivity index (χ3n) is 7.14. The molecule has 0 unspecified atom stereocenters. The van der Waals surface area contributed by atoms with Crippen molar-refractivity contribution in [2.75, 3.05) is 12.3 Å². The maximum Gasteiger partial charge on any atom is 0.167 e. The number of nitrogens with zero attached hydrogens (tertiary/aromatic N) is 4. The zero-order valence-corrected chi connectivity index (χ0v) is 20.2. The first-order valence-electron chi connectivity index (χ1n) is 12.3. The Bertz CT molecular complexity index is 1380. The van der Waals surface area contributed by atoms with Crippen LogP contribution in [-0.4, -0.2) is 43.4 Å². The molecule has 1 saturated heterocycles. The number of hydrogen-bond donors (Lipinski definition) is 3. The molecule has 3 heterocycles. The molecule has 4 N–H and O–H groups in total. The summed E-state index contributed by atoms with van der Waals surface area (Å²) < 4.78 is 8.25. The van der Waals surface area contributed by atoms with Crippen LogP contribution in [0.25, 0.3) is 11.2 Å². The molecule has 0 spiro atoms. The molecule has 1 aliphatic heterocycles. The largest absolute Gasteiger partial charge is 0.394 e. The molecular weight excluding hydrogens is 464 g/mol. The monoisotopic (exact) mass is 492 g/mol. The average Bonchev–Trinajstić information content (AvgIpc) is 3.58. The first-order chi connectivity index (χ1) is 18.2. The van der Waals surface area contributed by atoms with Crippen LogP contribution < -0.4 is 11.1 Å². The van der Waals surface area contributed by atoms with Crippen molar-refractivity contribution in [2.24, 2.45) is 0 Å². The zero-order valence-electron chi connectivity index (χ0n) is 20.2. The van der Waals surface area contributed by atoms with Gasteiger partial charge in [-0.15, -0.1) is 0 Å². The molecule has 3 atom stereocenters. The zero-order chi connectivity index (χ0) is 25.2. The third kappa shape index (κ3) is 4.05. The van der Waals surface area contributed by atoms with E-state index in [1.54, 1.807) is 6.33 Å². The van der Waals surface area contributed by atoms with Crippen molar-refractivity contribution in [3.8, 4) is 0 Å². The Balaban J connectivity index is 1.45. The molecule has 8 nitrogen and oxygen atoms in total. The molecule has 8 heteroatoms. The predicted octanol–water partition coefficient (Wildman–Crippen LogP) is 3.64. The van der Waals surface area contributed by atoms with Crippen LogP contribution >= 0.6 is 0 Å². The van der Waals surface area contributed by atoms with Crippen molar-refractivity contribution in [1.29, 1.82) is 0 Å². The quantitative estimate of drug-likeness (QED) is 0.298. The van der Waals surface area contributed by atoms with Crippen LogP contribution in [0.2, 0.25) is 0 Å². The summed E-state index contributed by atoms with van der Waals surface area (Å²) in [6.45, 7) is -0.133. The van der Waals surface area contributed by atoms with Crippen LogP contribution in [0.5, 0.6) is 0 Å². The Morgan fingerprint density at radius 1 is 0.865 bits per heavy atom. The van der Waals surface area contributed by atoms with E-state index in [0.717, 1.165) is 16.7 Å². The second-order valence-corrected chi connectivity index (χ2v) is 9.23. The minimum Gasteiger partial charge on any atom is -0.394 e. The summed E-state index contributed by atoms with van der Waals surface area (Å²) in [5.41, 5.74) is 9.77. The Kier molecular flexibility index (Phi) is 6.13. The van der Waals surface area contributed by atoms with E-state index in [4.69, 9.17) is 10.5 Å². The maximum absolute atomic E-state index is 10.4. The molecule has 2 aromatic heterocycles. The average molecular weight is 493 g/mol. The topological polar surface area (TPSA) is 111 Å². The summed E-state index contributed by atoms with van der Waals surface area (Å²) in [5, 5.41) is 14.3. The summed E-state index contributed by atoms with van der Waals surface area (Å²) in [7, 11) is 0. The summed E-state index contributed by atoms with van der Waals surface area (Å²) in [6, 6.07) is 31.0. The van der Waals surface area contributed by atoms with Crippen LogP contribution in [0.1, 0.15) is 29.3 Å². The fourth-order valence-corrected chi connectivity index (χ4v) is 5.40. The number of benzene rings is 3. The first kappa shape index (κ1) is 23.3. The maximum atomic E-state index is 10.4. The molecule has 0 radical (unpaired) electrons. The molecule has 186 valence electrons. The molecule has 0 aliphatic carbocycles. The van der Waals surface area contributed by atoms with Gasteiger partial charge in [0.05, 0.1) is 24.6 Å². The molecule has 0 bridgehead atoms. The number of nitrogen functional groups attached to an aromatic ring is 1. The van der Waals surface area contributed by atoms with Gasteiger partial charge in [0.2, 0.25) is 0 Å². The number of nitrogens with two attached hydrogens (primary N) is 1. The summed E-state index contributed by atoms with van der Waals surface area (Å²) in [6.07, 6.45) is 2.87. The Labute approximate surface area is 214 Å². The molecule has 6 rings (SSSR count). The van der Waals surface area contributed by atoms with E-state index in [1.165, 1.54) is 6.33 Å². The molecule has 37 heavy (non-hydrogen) atoms. The van der Waals surface area contributed by atoms with Gasteiger partial charge in [0.15, 0.2) is 11.5 Å². The highest BCUT2D eigenvalue weighted by Crippen LogP contribution is 2.40. The standard InChI is InChI=1S/C29H28N6O2/c30-27-26-28(32-18-31-27)35(19-33-26)25-16-23(24(17-36)37-25)34-29(20-10-4-1-5-11-20,21-12-6-2-7-13-21)22-14-8-3-9-15-22/h1-15,18-19,23-25,34,36H,16-17H2,(H2,30,31,32)/t23-,24+,25+/m0/s1. The van der Waals surface area contributed by atoms with Gasteiger partial charge in [-0.05, 0) is 16.7 Å². The summed E-state index contributed by atoms with van der Waals surface area (Å²) in [4.78, 5) is 12.8. The van der Waals surface area contributed by atoms with Crippen molar-refractivity contribution < 1.29 is 9.84 Å². The van der Waals surface area contributed by atoms with Gasteiger partial charge in [-0.25, -0.2) is 15.0 Å². The van der Waals surface area contributed by atoms with Crippen molar-refractivity contribution in [3.63, 3.8) is 0 Å². The van der Waals surface area contributed by atoms with Gasteiger partial charge in [0.1, 0.15) is 18.1 Å². The van der Waals surface area contributed by atoms with Crippen molar-refractivity contribution >= 4 is 17.0 Å². The number of nitrogens with one attached hydrogen (secondary N) is 1. The lowest BCUT2D eigenvalue weighted by Crippen LogP contribution is -2.53. The van der Waals surface area contributed by atoms with Gasteiger partial charge in [-0.1, -0.05) is 91.0 Å². The Morgan fingerprint density at radius 2 is 1.43 bits per heavy atom. The van der Waals surface area contributed by atoms with Crippen LogP contribution in [0.3, 0.4) is 0 Å². The molecule has 1 aliphatic rings. The normalized spacial score (nSPS) is 19.9.